The fourth-order valence-electron chi connectivity index (χ4n) is 0.904. The van der Waals surface area contributed by atoms with E-state index in [9.17, 15) is 0 Å². The lowest BCUT2D eigenvalue weighted by atomic mass is 10.2. The van der Waals surface area contributed by atoms with Crippen molar-refractivity contribution in [1.29, 1.82) is 0 Å². The second-order valence-electron chi connectivity index (χ2n) is 2.43. The van der Waals surface area contributed by atoms with Crippen LogP contribution < -0.4 is 0 Å². The molecule has 0 N–H and O–H groups in total. The van der Waals surface area contributed by atoms with Crippen LogP contribution in [0.4, 0.5) is 0 Å². The lowest BCUT2D eigenvalue weighted by Crippen LogP contribution is -2.10. The summed E-state index contributed by atoms with van der Waals surface area (Å²) >= 11 is 4.96. The van der Waals surface area contributed by atoms with Crippen LogP contribution in [0.25, 0.3) is 0 Å². The summed E-state index contributed by atoms with van der Waals surface area (Å²) in [4.78, 5) is 0. The molecule has 1 aliphatic heterocycles. The molecular formula is C10H9ClN2O. The summed E-state index contributed by atoms with van der Waals surface area (Å²) in [6.07, 6.45) is 9.32. The highest BCUT2D eigenvalue weighted by Gasteiger charge is 2.05. The Bertz CT molecular complexity index is 371. The molecule has 0 amide bonds. The maximum Gasteiger partial charge on any atom is 0.147 e. The fourth-order valence-corrected chi connectivity index (χ4v) is 0.943. The molecule has 0 fully saturated rings. The summed E-state index contributed by atoms with van der Waals surface area (Å²) < 4.78 is 4.12. The van der Waals surface area contributed by atoms with Gasteiger partial charge in [-0.15, -0.1) is 0 Å². The Morgan fingerprint density at radius 3 is 3.07 bits per heavy atom. The van der Waals surface area contributed by atoms with Crippen molar-refractivity contribution in [1.82, 2.24) is 5.01 Å². The van der Waals surface area contributed by atoms with Crippen LogP contribution in [-0.4, -0.2) is 11.2 Å². The summed E-state index contributed by atoms with van der Waals surface area (Å²) in [5.41, 5.74) is 1.53. The molecule has 1 rings (SSSR count). The number of halogens is 1. The minimum atomic E-state index is 0.753. The largest absolute Gasteiger partial charge is 0.332 e. The first-order chi connectivity index (χ1) is 6.77. The molecule has 0 bridgehead atoms. The van der Waals surface area contributed by atoms with Crippen LogP contribution in [0.15, 0.2) is 41.3 Å². The topological polar surface area (TPSA) is 24.8 Å². The molecule has 1 aliphatic rings. The van der Waals surface area contributed by atoms with Crippen molar-refractivity contribution < 1.29 is 4.29 Å². The molecule has 4 heteroatoms. The molecule has 0 unspecified atom stereocenters. The van der Waals surface area contributed by atoms with Gasteiger partial charge in [0, 0.05) is 18.0 Å². The SMILES string of the molecule is C=C1C=CC(C#COCl)=CN1/N=C\C. The summed E-state index contributed by atoms with van der Waals surface area (Å²) in [6, 6.07) is 0. The number of allylic oxidation sites excluding steroid dienone is 3. The van der Waals surface area contributed by atoms with E-state index in [-0.39, 0.29) is 0 Å². The third-order valence-electron chi connectivity index (χ3n) is 1.48. The molecule has 0 saturated heterocycles. The van der Waals surface area contributed by atoms with Crippen LogP contribution in [0, 0.1) is 12.0 Å². The molecule has 72 valence electrons. The second-order valence-corrected chi connectivity index (χ2v) is 2.59. The lowest BCUT2D eigenvalue weighted by Gasteiger charge is -2.17. The third-order valence-corrected chi connectivity index (χ3v) is 1.56. The van der Waals surface area contributed by atoms with Crippen molar-refractivity contribution in [3.8, 4) is 12.0 Å². The first kappa shape index (κ1) is 10.4. The van der Waals surface area contributed by atoms with Gasteiger partial charge in [0.2, 0.25) is 0 Å². The van der Waals surface area contributed by atoms with Crippen molar-refractivity contribution in [3.05, 3.63) is 36.2 Å². The molecule has 3 nitrogen and oxygen atoms in total. The highest BCUT2D eigenvalue weighted by Crippen LogP contribution is 2.14. The summed E-state index contributed by atoms with van der Waals surface area (Å²) in [5, 5.41) is 5.69. The van der Waals surface area contributed by atoms with Crippen LogP contribution in [-0.2, 0) is 4.29 Å². The normalized spacial score (nSPS) is 15.1. The van der Waals surface area contributed by atoms with Crippen molar-refractivity contribution in [2.24, 2.45) is 5.10 Å². The van der Waals surface area contributed by atoms with Crippen molar-refractivity contribution in [3.63, 3.8) is 0 Å². The molecule has 0 aromatic rings. The summed E-state index contributed by atoms with van der Waals surface area (Å²) in [5.74, 6) is 2.69. The van der Waals surface area contributed by atoms with Crippen LogP contribution in [0.1, 0.15) is 6.92 Å². The molecule has 0 aliphatic carbocycles. The Morgan fingerprint density at radius 1 is 1.64 bits per heavy atom. The van der Waals surface area contributed by atoms with E-state index in [0.717, 1.165) is 11.3 Å². The van der Waals surface area contributed by atoms with Crippen molar-refractivity contribution in [2.75, 3.05) is 0 Å². The van der Waals surface area contributed by atoms with Crippen LogP contribution in [0.5, 0.6) is 0 Å². The maximum atomic E-state index is 4.96. The predicted octanol–water partition coefficient (Wildman–Crippen LogP) is 2.39. The highest BCUT2D eigenvalue weighted by molar-refractivity contribution is 6.08. The van der Waals surface area contributed by atoms with Gasteiger partial charge in [-0.05, 0) is 25.0 Å². The number of hydrogen-bond donors (Lipinski definition) is 0. The van der Waals surface area contributed by atoms with E-state index < -0.39 is 0 Å². The van der Waals surface area contributed by atoms with Gasteiger partial charge in [0.05, 0.1) is 5.70 Å². The Morgan fingerprint density at radius 2 is 2.43 bits per heavy atom. The van der Waals surface area contributed by atoms with E-state index >= 15 is 0 Å². The van der Waals surface area contributed by atoms with E-state index in [1.54, 1.807) is 17.4 Å². The van der Waals surface area contributed by atoms with E-state index in [1.165, 1.54) is 0 Å². The maximum absolute atomic E-state index is 4.96. The van der Waals surface area contributed by atoms with Crippen molar-refractivity contribution in [2.45, 2.75) is 6.92 Å². The molecule has 1 heterocycles. The van der Waals surface area contributed by atoms with E-state index in [1.807, 2.05) is 19.1 Å². The minimum Gasteiger partial charge on any atom is -0.332 e. The average molecular weight is 209 g/mol. The van der Waals surface area contributed by atoms with Gasteiger partial charge >= 0.3 is 0 Å². The van der Waals surface area contributed by atoms with Gasteiger partial charge in [-0.25, -0.2) is 5.01 Å². The molecule has 0 radical (unpaired) electrons. The van der Waals surface area contributed by atoms with Gasteiger partial charge in [-0.3, -0.25) is 0 Å². The minimum absolute atomic E-state index is 0.753. The quantitative estimate of drug-likeness (QED) is 0.488. The molecule has 0 atom stereocenters. The average Bonchev–Trinajstić information content (AvgIpc) is 2.19. The zero-order chi connectivity index (χ0) is 10.4. The van der Waals surface area contributed by atoms with Crippen LogP contribution >= 0.6 is 11.9 Å². The van der Waals surface area contributed by atoms with Crippen LogP contribution in [0.3, 0.4) is 0 Å². The Labute approximate surface area is 88.2 Å². The summed E-state index contributed by atoms with van der Waals surface area (Å²) in [7, 11) is 0. The number of hydrogen-bond acceptors (Lipinski definition) is 3. The Kier molecular flexibility index (Phi) is 3.84. The fraction of sp³-hybridized carbons (Fsp3) is 0.100. The number of rotatable bonds is 1. The lowest BCUT2D eigenvalue weighted by molar-refractivity contribution is 0.512. The predicted molar refractivity (Wildman–Crippen MR) is 57.1 cm³/mol. The van der Waals surface area contributed by atoms with Gasteiger partial charge in [0.1, 0.15) is 18.0 Å². The Balaban J connectivity index is 2.84. The molecule has 0 aromatic heterocycles. The van der Waals surface area contributed by atoms with E-state index in [0.29, 0.717) is 0 Å². The molecular weight excluding hydrogens is 200 g/mol. The number of hydrazone groups is 1. The van der Waals surface area contributed by atoms with Gasteiger partial charge < -0.3 is 4.29 Å². The number of nitrogens with zero attached hydrogens (tertiary/aromatic N) is 2. The van der Waals surface area contributed by atoms with Gasteiger partial charge in [0.25, 0.3) is 0 Å². The summed E-state index contributed by atoms with van der Waals surface area (Å²) in [6.45, 7) is 5.63. The first-order valence-electron chi connectivity index (χ1n) is 3.93. The van der Waals surface area contributed by atoms with Crippen molar-refractivity contribution >= 4 is 18.1 Å². The zero-order valence-electron chi connectivity index (χ0n) is 7.70. The molecule has 14 heavy (non-hydrogen) atoms. The van der Waals surface area contributed by atoms with Gasteiger partial charge in [-0.2, -0.15) is 5.10 Å². The standard InChI is InChI=1S/C10H9ClN2O/c1-3-12-13-8-10(6-7-14-11)5-4-9(13)2/h3-5,8H,2H2,1H3/b12-3-. The smallest absolute Gasteiger partial charge is 0.147 e. The van der Waals surface area contributed by atoms with E-state index in [4.69, 9.17) is 11.9 Å². The van der Waals surface area contributed by atoms with E-state index in [2.05, 4.69) is 28.0 Å². The molecule has 0 aromatic carbocycles. The Hall–Kier alpha value is -1.66. The second kappa shape index (κ2) is 5.15. The third kappa shape index (κ3) is 2.68. The van der Waals surface area contributed by atoms with Crippen LogP contribution in [0.2, 0.25) is 0 Å². The van der Waals surface area contributed by atoms with Gasteiger partial charge in [-0.1, -0.05) is 6.58 Å². The zero-order valence-corrected chi connectivity index (χ0v) is 8.45. The first-order valence-corrected chi connectivity index (χ1v) is 4.24. The van der Waals surface area contributed by atoms with Gasteiger partial charge in [0.15, 0.2) is 0 Å². The molecule has 0 spiro atoms. The highest BCUT2D eigenvalue weighted by atomic mass is 35.5. The molecule has 0 saturated carbocycles. The monoisotopic (exact) mass is 208 g/mol.